The Hall–Kier alpha value is -3.53. The molecule has 1 aliphatic heterocycles. The highest BCUT2D eigenvalue weighted by Crippen LogP contribution is 2.24. The predicted molar refractivity (Wildman–Crippen MR) is 123 cm³/mol. The summed E-state index contributed by atoms with van der Waals surface area (Å²) in [4.78, 5) is 31.0. The Balaban J connectivity index is 1.68. The van der Waals surface area contributed by atoms with Gasteiger partial charge in [0.15, 0.2) is 6.10 Å². The lowest BCUT2D eigenvalue weighted by atomic mass is 10.0. The minimum absolute atomic E-state index is 0.0690. The van der Waals surface area contributed by atoms with Gasteiger partial charge in [-0.2, -0.15) is 5.10 Å². The minimum Gasteiger partial charge on any atom is -0.503 e. The van der Waals surface area contributed by atoms with Crippen molar-refractivity contribution in [2.24, 2.45) is 5.16 Å². The molecule has 1 unspecified atom stereocenters. The smallest absolute Gasteiger partial charge is 0.343 e. The van der Waals surface area contributed by atoms with Crippen LogP contribution in [0.5, 0.6) is 0 Å². The fourth-order valence-corrected chi connectivity index (χ4v) is 3.80. The molecule has 2 heterocycles. The van der Waals surface area contributed by atoms with Gasteiger partial charge in [-0.05, 0) is 34.1 Å². The van der Waals surface area contributed by atoms with Crippen LogP contribution in [-0.2, 0) is 25.7 Å². The molecule has 0 fully saturated rings. The number of halogens is 2. The highest BCUT2D eigenvalue weighted by molar-refractivity contribution is 9.10. The van der Waals surface area contributed by atoms with Crippen LogP contribution in [-0.4, -0.2) is 41.8 Å². The molecule has 33 heavy (non-hydrogen) atoms. The fourth-order valence-electron chi connectivity index (χ4n) is 3.55. The highest BCUT2D eigenvalue weighted by Gasteiger charge is 2.26. The van der Waals surface area contributed by atoms with E-state index in [4.69, 9.17) is 14.3 Å². The summed E-state index contributed by atoms with van der Waals surface area (Å²) in [5.41, 5.74) is 1.12. The molecule has 0 saturated heterocycles. The molecule has 1 aromatic heterocycles. The number of nitrogens with zero attached hydrogens (tertiary/aromatic N) is 3. The molecule has 0 N–H and O–H groups in total. The van der Waals surface area contributed by atoms with Crippen LogP contribution >= 0.6 is 15.9 Å². The van der Waals surface area contributed by atoms with Gasteiger partial charge >= 0.3 is 5.97 Å². The summed E-state index contributed by atoms with van der Waals surface area (Å²) in [7, 11) is 2.65. The summed E-state index contributed by atoms with van der Waals surface area (Å²) < 4.78 is 25.4. The van der Waals surface area contributed by atoms with Crippen LogP contribution in [0.15, 0.2) is 63.1 Å². The molecule has 0 aliphatic carbocycles. The van der Waals surface area contributed by atoms with E-state index in [0.717, 1.165) is 0 Å². The van der Waals surface area contributed by atoms with Crippen LogP contribution in [0.25, 0.3) is 16.3 Å². The Kier molecular flexibility index (Phi) is 6.55. The lowest BCUT2D eigenvalue weighted by Crippen LogP contribution is -2.30. The maximum Gasteiger partial charge on any atom is 0.343 e. The van der Waals surface area contributed by atoms with Gasteiger partial charge in [0.25, 0.3) is 5.56 Å². The number of hydrogen-bond donors (Lipinski definition) is 0. The Labute approximate surface area is 196 Å². The van der Waals surface area contributed by atoms with Crippen molar-refractivity contribution in [3.63, 3.8) is 0 Å². The van der Waals surface area contributed by atoms with Crippen LogP contribution in [0.4, 0.5) is 4.39 Å². The average molecular weight is 516 g/mol. The molecule has 0 radical (unpaired) electrons. The van der Waals surface area contributed by atoms with Gasteiger partial charge in [-0.3, -0.25) is 4.79 Å². The number of esters is 1. The normalized spacial score (nSPS) is 15.8. The van der Waals surface area contributed by atoms with Crippen molar-refractivity contribution in [1.29, 1.82) is 0 Å². The highest BCUT2D eigenvalue weighted by atomic mass is 79.9. The molecule has 0 spiro atoms. The van der Waals surface area contributed by atoms with Crippen molar-refractivity contribution in [3.05, 3.63) is 80.6 Å². The number of hydrogen-bond acceptors (Lipinski definition) is 7. The van der Waals surface area contributed by atoms with Crippen molar-refractivity contribution < 1.29 is 23.5 Å². The third-order valence-corrected chi connectivity index (χ3v) is 5.77. The zero-order valence-corrected chi connectivity index (χ0v) is 19.3. The lowest BCUT2D eigenvalue weighted by Gasteiger charge is -2.14. The van der Waals surface area contributed by atoms with Crippen molar-refractivity contribution in [3.8, 4) is 0 Å². The summed E-state index contributed by atoms with van der Waals surface area (Å²) in [5, 5.41) is 9.36. The van der Waals surface area contributed by atoms with E-state index in [-0.39, 0.29) is 23.4 Å². The summed E-state index contributed by atoms with van der Waals surface area (Å²) in [5.74, 6) is -1.06. The van der Waals surface area contributed by atoms with E-state index in [1.54, 1.807) is 36.4 Å². The van der Waals surface area contributed by atoms with Gasteiger partial charge in [-0.15, -0.1) is 0 Å². The number of fused-ring (bicyclic) bond motifs is 1. The molecule has 1 atom stereocenters. The van der Waals surface area contributed by atoms with Gasteiger partial charge in [0.1, 0.15) is 17.1 Å². The lowest BCUT2D eigenvalue weighted by molar-refractivity contribution is -0.133. The van der Waals surface area contributed by atoms with Crippen LogP contribution in [0.1, 0.15) is 17.7 Å². The van der Waals surface area contributed by atoms with Gasteiger partial charge in [0.05, 0.1) is 42.6 Å². The van der Waals surface area contributed by atoms with E-state index in [9.17, 15) is 14.0 Å². The Morgan fingerprint density at radius 2 is 2.03 bits per heavy atom. The molecule has 0 saturated carbocycles. The maximum atomic E-state index is 13.9. The summed E-state index contributed by atoms with van der Waals surface area (Å²) in [6.07, 6.45) is 1.08. The topological polar surface area (TPSA) is 92.0 Å². The molecule has 8 nitrogen and oxygen atoms in total. The van der Waals surface area contributed by atoms with E-state index in [1.165, 1.54) is 31.2 Å². The number of oxime groups is 1. The fraction of sp³-hybridized carbons (Fsp3) is 0.217. The molecular weight excluding hydrogens is 497 g/mol. The first-order chi connectivity index (χ1) is 15.9. The summed E-state index contributed by atoms with van der Waals surface area (Å²) in [6.45, 7) is 0.0735. The van der Waals surface area contributed by atoms with Crippen LogP contribution < -0.4 is 5.56 Å². The first kappa shape index (κ1) is 22.7. The standard InChI is InChI=1S/C23H19BrFN3O5/c1-31-12-17(23(30)32-2)21-15-5-3-4-6-16(15)22(29)28(26-21)11-14-10-20(27-33-14)13-7-8-18(24)19(25)9-13/h3-9,12,14H,10-11H2,1-2H3/b17-12-. The van der Waals surface area contributed by atoms with Gasteiger partial charge in [-0.25, -0.2) is 13.9 Å². The van der Waals surface area contributed by atoms with E-state index >= 15 is 0 Å². The van der Waals surface area contributed by atoms with Crippen LogP contribution in [0.2, 0.25) is 0 Å². The Morgan fingerprint density at radius 3 is 2.73 bits per heavy atom. The van der Waals surface area contributed by atoms with Crippen LogP contribution in [0, 0.1) is 5.82 Å². The predicted octanol–water partition coefficient (Wildman–Crippen LogP) is 3.65. The maximum absolute atomic E-state index is 13.9. The number of benzene rings is 2. The van der Waals surface area contributed by atoms with Gasteiger partial charge in [-0.1, -0.05) is 29.4 Å². The largest absolute Gasteiger partial charge is 0.503 e. The third-order valence-electron chi connectivity index (χ3n) is 5.13. The SMILES string of the molecule is CO/C=C(\C(=O)OC)c1nn(CC2CC(c3ccc(Br)c(F)c3)=NO2)c(=O)c2ccccc12. The van der Waals surface area contributed by atoms with Crippen molar-refractivity contribution in [2.45, 2.75) is 19.1 Å². The van der Waals surface area contributed by atoms with Crippen molar-refractivity contribution in [2.75, 3.05) is 14.2 Å². The number of methoxy groups -OCH3 is 2. The second-order valence-corrected chi connectivity index (χ2v) is 8.09. The first-order valence-electron chi connectivity index (χ1n) is 9.92. The molecule has 0 bridgehead atoms. The molecule has 1 aliphatic rings. The molecular formula is C23H19BrFN3O5. The second kappa shape index (κ2) is 9.53. The summed E-state index contributed by atoms with van der Waals surface area (Å²) in [6, 6.07) is 11.5. The number of ether oxygens (including phenoxy) is 2. The van der Waals surface area contributed by atoms with E-state index < -0.39 is 17.9 Å². The molecule has 0 amide bonds. The molecule has 3 aromatic rings. The number of aromatic nitrogens is 2. The van der Waals surface area contributed by atoms with E-state index in [2.05, 4.69) is 26.2 Å². The molecule has 170 valence electrons. The number of carbonyl (C=O) groups is 1. The van der Waals surface area contributed by atoms with E-state index in [1.807, 2.05) is 0 Å². The number of carbonyl (C=O) groups excluding carboxylic acids is 1. The monoisotopic (exact) mass is 515 g/mol. The van der Waals surface area contributed by atoms with Gasteiger partial charge in [0, 0.05) is 17.4 Å². The molecule has 4 rings (SSSR count). The van der Waals surface area contributed by atoms with Crippen molar-refractivity contribution in [1.82, 2.24) is 9.78 Å². The first-order valence-corrected chi connectivity index (χ1v) is 10.7. The summed E-state index contributed by atoms with van der Waals surface area (Å²) >= 11 is 3.13. The van der Waals surface area contributed by atoms with Crippen molar-refractivity contribution >= 4 is 44.0 Å². The van der Waals surface area contributed by atoms with Gasteiger partial charge in [0.2, 0.25) is 0 Å². The van der Waals surface area contributed by atoms with Gasteiger partial charge < -0.3 is 14.3 Å². The van der Waals surface area contributed by atoms with Crippen LogP contribution in [0.3, 0.4) is 0 Å². The average Bonchev–Trinajstić information content (AvgIpc) is 3.29. The van der Waals surface area contributed by atoms with E-state index in [0.29, 0.717) is 32.9 Å². The Morgan fingerprint density at radius 1 is 1.27 bits per heavy atom. The zero-order chi connectivity index (χ0) is 23.5. The molecule has 10 heteroatoms. The zero-order valence-electron chi connectivity index (χ0n) is 17.7. The quantitative estimate of drug-likeness (QED) is 0.282. The third kappa shape index (κ3) is 4.51. The minimum atomic E-state index is -0.653. The Bertz CT molecular complexity index is 1350. The second-order valence-electron chi connectivity index (χ2n) is 7.24. The number of rotatable bonds is 6. The molecule has 2 aromatic carbocycles.